The van der Waals surface area contributed by atoms with Crippen molar-refractivity contribution in [1.82, 2.24) is 10.3 Å². The number of rotatable bonds is 2. The largest absolute Gasteiger partial charge is 0.504 e. The number of hydrogen-bond donors (Lipinski definition) is 3. The highest BCUT2D eigenvalue weighted by molar-refractivity contribution is 7.11. The molecule has 1 aromatic heterocycles. The van der Waals surface area contributed by atoms with Gasteiger partial charge in [-0.1, -0.05) is 6.92 Å². The molecule has 0 spiro atoms. The maximum Gasteiger partial charge on any atom is 0.157 e. The van der Waals surface area contributed by atoms with Gasteiger partial charge in [0, 0.05) is 23.4 Å². The van der Waals surface area contributed by atoms with E-state index in [1.54, 1.807) is 12.1 Å². The fourth-order valence-corrected chi connectivity index (χ4v) is 4.89. The molecule has 5 heteroatoms. The lowest BCUT2D eigenvalue weighted by molar-refractivity contribution is 0.378. The summed E-state index contributed by atoms with van der Waals surface area (Å²) in [6, 6.07) is 3.83. The molecule has 0 unspecified atom stereocenters. The minimum Gasteiger partial charge on any atom is -0.504 e. The van der Waals surface area contributed by atoms with Gasteiger partial charge in [0.25, 0.3) is 0 Å². The number of nitrogens with one attached hydrogen (secondary N) is 1. The van der Waals surface area contributed by atoms with E-state index in [4.69, 9.17) is 4.98 Å². The van der Waals surface area contributed by atoms with Gasteiger partial charge in [-0.05, 0) is 48.9 Å². The molecule has 2 aliphatic rings. The van der Waals surface area contributed by atoms with Gasteiger partial charge in [0.1, 0.15) is 0 Å². The molecule has 0 fully saturated rings. The number of phenolic OH excluding ortho intramolecular Hbond substituents is 2. The first-order valence-electron chi connectivity index (χ1n) is 7.94. The van der Waals surface area contributed by atoms with Crippen molar-refractivity contribution in [3.8, 4) is 11.5 Å². The van der Waals surface area contributed by atoms with Crippen molar-refractivity contribution in [3.05, 3.63) is 38.8 Å². The predicted octanol–water partition coefficient (Wildman–Crippen LogP) is 3.06. The molecule has 2 heterocycles. The molecule has 4 rings (SSSR count). The van der Waals surface area contributed by atoms with E-state index in [0.29, 0.717) is 6.04 Å². The number of nitrogens with zero attached hydrogens (tertiary/aromatic N) is 1. The van der Waals surface area contributed by atoms with Gasteiger partial charge in [-0.15, -0.1) is 11.3 Å². The Labute approximate surface area is 133 Å². The van der Waals surface area contributed by atoms with Gasteiger partial charge in [0.05, 0.1) is 10.7 Å². The normalized spacial score (nSPS) is 22.8. The molecule has 1 aromatic carbocycles. The van der Waals surface area contributed by atoms with Crippen molar-refractivity contribution in [2.45, 2.75) is 51.1 Å². The van der Waals surface area contributed by atoms with Gasteiger partial charge < -0.3 is 15.5 Å². The summed E-state index contributed by atoms with van der Waals surface area (Å²) in [4.78, 5) is 6.23. The second kappa shape index (κ2) is 5.25. The lowest BCUT2D eigenvalue weighted by Crippen LogP contribution is -2.42. The average molecular weight is 316 g/mol. The molecule has 3 N–H and O–H groups in total. The van der Waals surface area contributed by atoms with Crippen molar-refractivity contribution in [3.63, 3.8) is 0 Å². The summed E-state index contributed by atoms with van der Waals surface area (Å²) in [5, 5.41) is 24.5. The molecular formula is C17H20N2O2S. The van der Waals surface area contributed by atoms with Crippen molar-refractivity contribution in [2.24, 2.45) is 0 Å². The first-order chi connectivity index (χ1) is 10.7. The van der Waals surface area contributed by atoms with E-state index in [2.05, 4.69) is 12.2 Å². The summed E-state index contributed by atoms with van der Waals surface area (Å²) in [5.41, 5.74) is 3.44. The van der Waals surface area contributed by atoms with Crippen LogP contribution in [0.4, 0.5) is 0 Å². The van der Waals surface area contributed by atoms with Gasteiger partial charge >= 0.3 is 0 Å². The SMILES string of the molecule is CCCc1nc2c(s1)CN[C@H]1CCc3cc(O)c(O)cc3[C@H]21. The van der Waals surface area contributed by atoms with Gasteiger partial charge in [0.15, 0.2) is 11.5 Å². The third kappa shape index (κ3) is 2.11. The number of phenols is 2. The van der Waals surface area contributed by atoms with Crippen LogP contribution < -0.4 is 5.32 Å². The van der Waals surface area contributed by atoms with Crippen LogP contribution in [0.3, 0.4) is 0 Å². The maximum absolute atomic E-state index is 9.91. The molecule has 2 atom stereocenters. The highest BCUT2D eigenvalue weighted by Gasteiger charge is 2.37. The van der Waals surface area contributed by atoms with E-state index in [1.165, 1.54) is 15.6 Å². The Hall–Kier alpha value is -1.59. The van der Waals surface area contributed by atoms with E-state index >= 15 is 0 Å². The van der Waals surface area contributed by atoms with Gasteiger partial charge in [-0.3, -0.25) is 0 Å². The Morgan fingerprint density at radius 1 is 1.32 bits per heavy atom. The minimum absolute atomic E-state index is 0.0221. The van der Waals surface area contributed by atoms with Crippen LogP contribution >= 0.6 is 11.3 Å². The fourth-order valence-electron chi connectivity index (χ4n) is 3.72. The number of benzene rings is 1. The smallest absolute Gasteiger partial charge is 0.157 e. The van der Waals surface area contributed by atoms with E-state index in [-0.39, 0.29) is 17.4 Å². The van der Waals surface area contributed by atoms with Crippen LogP contribution in [0.25, 0.3) is 0 Å². The number of aromatic nitrogens is 1. The lowest BCUT2D eigenvalue weighted by atomic mass is 9.75. The average Bonchev–Trinajstić information content (AvgIpc) is 2.91. The Morgan fingerprint density at radius 2 is 2.14 bits per heavy atom. The Balaban J connectivity index is 1.83. The zero-order valence-electron chi connectivity index (χ0n) is 12.6. The van der Waals surface area contributed by atoms with Crippen LogP contribution in [0, 0.1) is 0 Å². The second-order valence-corrected chi connectivity index (χ2v) is 7.38. The molecule has 0 saturated carbocycles. The zero-order valence-corrected chi connectivity index (χ0v) is 13.4. The minimum atomic E-state index is -0.0319. The van der Waals surface area contributed by atoms with Crippen molar-refractivity contribution in [2.75, 3.05) is 0 Å². The molecule has 4 nitrogen and oxygen atoms in total. The molecule has 22 heavy (non-hydrogen) atoms. The third-order valence-corrected chi connectivity index (χ3v) is 5.88. The van der Waals surface area contributed by atoms with Crippen LogP contribution in [0.15, 0.2) is 12.1 Å². The van der Waals surface area contributed by atoms with Crippen molar-refractivity contribution < 1.29 is 10.2 Å². The van der Waals surface area contributed by atoms with Crippen molar-refractivity contribution >= 4 is 11.3 Å². The predicted molar refractivity (Wildman–Crippen MR) is 86.7 cm³/mol. The summed E-state index contributed by atoms with van der Waals surface area (Å²) in [5.74, 6) is 0.141. The molecule has 0 saturated heterocycles. The van der Waals surface area contributed by atoms with E-state index < -0.39 is 0 Å². The Bertz CT molecular complexity index is 726. The fraction of sp³-hybridized carbons (Fsp3) is 0.471. The Kier molecular flexibility index (Phi) is 3.35. The van der Waals surface area contributed by atoms with Crippen LogP contribution in [0.1, 0.15) is 52.4 Å². The van der Waals surface area contributed by atoms with E-state index in [9.17, 15) is 10.2 Å². The van der Waals surface area contributed by atoms with Gasteiger partial charge in [0.2, 0.25) is 0 Å². The molecule has 0 radical (unpaired) electrons. The lowest BCUT2D eigenvalue weighted by Gasteiger charge is -2.37. The monoisotopic (exact) mass is 316 g/mol. The second-order valence-electron chi connectivity index (χ2n) is 6.21. The van der Waals surface area contributed by atoms with E-state index in [0.717, 1.165) is 43.4 Å². The van der Waals surface area contributed by atoms with Crippen LogP contribution in [-0.4, -0.2) is 21.2 Å². The van der Waals surface area contributed by atoms with Gasteiger partial charge in [-0.25, -0.2) is 4.98 Å². The summed E-state index contributed by atoms with van der Waals surface area (Å²) >= 11 is 1.81. The number of aryl methyl sites for hydroxylation is 2. The number of thiazole rings is 1. The highest BCUT2D eigenvalue weighted by atomic mass is 32.1. The molecule has 116 valence electrons. The summed E-state index contributed by atoms with van der Waals surface area (Å²) in [7, 11) is 0. The number of aromatic hydroxyl groups is 2. The van der Waals surface area contributed by atoms with Crippen LogP contribution in [0.2, 0.25) is 0 Å². The van der Waals surface area contributed by atoms with E-state index in [1.807, 2.05) is 11.3 Å². The first kappa shape index (κ1) is 14.0. The third-order valence-electron chi connectivity index (χ3n) is 4.75. The molecule has 2 aromatic rings. The number of hydrogen-bond acceptors (Lipinski definition) is 5. The summed E-state index contributed by atoms with van der Waals surface area (Å²) in [6.45, 7) is 3.08. The van der Waals surface area contributed by atoms with Gasteiger partial charge in [-0.2, -0.15) is 0 Å². The Morgan fingerprint density at radius 3 is 2.95 bits per heavy atom. The first-order valence-corrected chi connectivity index (χ1v) is 8.75. The number of fused-ring (bicyclic) bond motifs is 5. The summed E-state index contributed by atoms with van der Waals surface area (Å²) in [6.07, 6.45) is 4.11. The van der Waals surface area contributed by atoms with Crippen molar-refractivity contribution in [1.29, 1.82) is 0 Å². The molecule has 0 bridgehead atoms. The zero-order chi connectivity index (χ0) is 15.3. The van der Waals surface area contributed by atoms with Crippen LogP contribution in [0.5, 0.6) is 11.5 Å². The highest BCUT2D eigenvalue weighted by Crippen LogP contribution is 2.44. The maximum atomic E-state index is 9.91. The molecule has 0 amide bonds. The molecule has 1 aliphatic carbocycles. The van der Waals surface area contributed by atoms with Crippen LogP contribution in [-0.2, 0) is 19.4 Å². The quantitative estimate of drug-likeness (QED) is 0.745. The molecule has 1 aliphatic heterocycles. The topological polar surface area (TPSA) is 65.4 Å². The molecular weight excluding hydrogens is 296 g/mol. The summed E-state index contributed by atoms with van der Waals surface area (Å²) < 4.78 is 0. The standard InChI is InChI=1S/C17H20N2O2S/c1-2-3-15-19-17-14(22-15)8-18-11-5-4-9-6-12(20)13(21)7-10(9)16(11)17/h6-7,11,16,18,20-21H,2-5,8H2,1H3/t11-,16-/m0/s1.